The molecule has 0 spiro atoms. The second kappa shape index (κ2) is 6.22. The highest BCUT2D eigenvalue weighted by molar-refractivity contribution is 6.32. The fourth-order valence-electron chi connectivity index (χ4n) is 2.22. The van der Waals surface area contributed by atoms with Gasteiger partial charge in [-0.2, -0.15) is 5.10 Å². The summed E-state index contributed by atoms with van der Waals surface area (Å²) in [6, 6.07) is 7.81. The van der Waals surface area contributed by atoms with Gasteiger partial charge in [0, 0.05) is 12.1 Å². The maximum absolute atomic E-state index is 6.27. The molecule has 19 heavy (non-hydrogen) atoms. The molecule has 0 radical (unpaired) electrons. The van der Waals surface area contributed by atoms with Gasteiger partial charge in [0.2, 0.25) is 0 Å². The normalized spacial score (nSPS) is 11.2. The highest BCUT2D eigenvalue weighted by atomic mass is 35.5. The Kier molecular flexibility index (Phi) is 4.61. The molecule has 3 nitrogen and oxygen atoms in total. The van der Waals surface area contributed by atoms with Crippen LogP contribution in [0.25, 0.3) is 5.69 Å². The Labute approximate surface area is 119 Å². The summed E-state index contributed by atoms with van der Waals surface area (Å²) in [7, 11) is 0. The smallest absolute Gasteiger partial charge is 0.0835 e. The number of nitrogens with zero attached hydrogens (tertiary/aromatic N) is 2. The van der Waals surface area contributed by atoms with Crippen LogP contribution >= 0.6 is 11.6 Å². The van der Waals surface area contributed by atoms with E-state index in [1.807, 2.05) is 35.1 Å². The SMILES string of the molecule is CCNCc1cnn(-c2ccccc2Cl)c1C(C)C. The molecule has 0 aliphatic rings. The van der Waals surface area contributed by atoms with E-state index in [1.54, 1.807) is 0 Å². The summed E-state index contributed by atoms with van der Waals surface area (Å²) in [6.45, 7) is 8.26. The first-order valence-corrected chi connectivity index (χ1v) is 7.05. The van der Waals surface area contributed by atoms with Crippen LogP contribution in [-0.2, 0) is 6.54 Å². The second-order valence-electron chi connectivity index (χ2n) is 4.85. The number of hydrogen-bond donors (Lipinski definition) is 1. The van der Waals surface area contributed by atoms with Crippen molar-refractivity contribution in [2.45, 2.75) is 33.2 Å². The predicted molar refractivity (Wildman–Crippen MR) is 80.0 cm³/mol. The summed E-state index contributed by atoms with van der Waals surface area (Å²) < 4.78 is 1.96. The number of aromatic nitrogens is 2. The molecule has 0 atom stereocenters. The van der Waals surface area contributed by atoms with Gasteiger partial charge in [0.05, 0.1) is 22.6 Å². The number of hydrogen-bond acceptors (Lipinski definition) is 2. The molecule has 1 heterocycles. The largest absolute Gasteiger partial charge is 0.313 e. The van der Waals surface area contributed by atoms with Crippen molar-refractivity contribution in [3.05, 3.63) is 46.7 Å². The Hall–Kier alpha value is -1.32. The van der Waals surface area contributed by atoms with E-state index >= 15 is 0 Å². The predicted octanol–water partition coefficient (Wildman–Crippen LogP) is 3.76. The summed E-state index contributed by atoms with van der Waals surface area (Å²) in [6.07, 6.45) is 1.93. The van der Waals surface area contributed by atoms with E-state index in [4.69, 9.17) is 11.6 Å². The van der Waals surface area contributed by atoms with Crippen LogP contribution in [0, 0.1) is 0 Å². The van der Waals surface area contributed by atoms with Crippen LogP contribution in [0.5, 0.6) is 0 Å². The van der Waals surface area contributed by atoms with Crippen molar-refractivity contribution < 1.29 is 0 Å². The number of rotatable bonds is 5. The average molecular weight is 278 g/mol. The Balaban J connectivity index is 2.46. The van der Waals surface area contributed by atoms with Crippen molar-refractivity contribution in [3.8, 4) is 5.69 Å². The molecular formula is C15H20ClN3. The third-order valence-electron chi connectivity index (χ3n) is 3.08. The van der Waals surface area contributed by atoms with Gasteiger partial charge < -0.3 is 5.32 Å². The first-order valence-electron chi connectivity index (χ1n) is 6.67. The monoisotopic (exact) mass is 277 g/mol. The van der Waals surface area contributed by atoms with Crippen LogP contribution in [0.2, 0.25) is 5.02 Å². The van der Waals surface area contributed by atoms with E-state index in [2.05, 4.69) is 31.2 Å². The maximum Gasteiger partial charge on any atom is 0.0835 e. The van der Waals surface area contributed by atoms with Crippen LogP contribution in [0.4, 0.5) is 0 Å². The lowest BCUT2D eigenvalue weighted by molar-refractivity contribution is 0.689. The van der Waals surface area contributed by atoms with Crippen molar-refractivity contribution in [3.63, 3.8) is 0 Å². The zero-order valence-electron chi connectivity index (χ0n) is 11.7. The minimum Gasteiger partial charge on any atom is -0.313 e. The molecule has 0 aliphatic carbocycles. The highest BCUT2D eigenvalue weighted by Gasteiger charge is 2.16. The van der Waals surface area contributed by atoms with Gasteiger partial charge in [-0.1, -0.05) is 44.5 Å². The summed E-state index contributed by atoms with van der Waals surface area (Å²) >= 11 is 6.27. The van der Waals surface area contributed by atoms with Gasteiger partial charge in [-0.15, -0.1) is 0 Å². The Bertz CT molecular complexity index is 546. The van der Waals surface area contributed by atoms with Crippen LogP contribution in [0.1, 0.15) is 37.9 Å². The molecule has 102 valence electrons. The van der Waals surface area contributed by atoms with Crippen molar-refractivity contribution in [1.82, 2.24) is 15.1 Å². The molecule has 0 aliphatic heterocycles. The maximum atomic E-state index is 6.27. The number of nitrogens with one attached hydrogen (secondary N) is 1. The molecule has 1 N–H and O–H groups in total. The molecule has 0 unspecified atom stereocenters. The van der Waals surface area contributed by atoms with E-state index in [1.165, 1.54) is 11.3 Å². The Morgan fingerprint density at radius 1 is 1.32 bits per heavy atom. The third-order valence-corrected chi connectivity index (χ3v) is 3.40. The number of halogens is 1. The number of benzene rings is 1. The molecule has 0 bridgehead atoms. The quantitative estimate of drug-likeness (QED) is 0.902. The van der Waals surface area contributed by atoms with Crippen LogP contribution in [0.3, 0.4) is 0 Å². The number of para-hydroxylation sites is 1. The molecule has 2 rings (SSSR count). The minimum absolute atomic E-state index is 0.396. The lowest BCUT2D eigenvalue weighted by Gasteiger charge is -2.14. The van der Waals surface area contributed by atoms with Gasteiger partial charge >= 0.3 is 0 Å². The molecular weight excluding hydrogens is 258 g/mol. The fraction of sp³-hybridized carbons (Fsp3) is 0.400. The van der Waals surface area contributed by atoms with Gasteiger partial charge in [0.15, 0.2) is 0 Å². The molecule has 4 heteroatoms. The van der Waals surface area contributed by atoms with E-state index in [9.17, 15) is 0 Å². The third kappa shape index (κ3) is 2.99. The lowest BCUT2D eigenvalue weighted by Crippen LogP contribution is -2.14. The van der Waals surface area contributed by atoms with Crippen molar-refractivity contribution in [2.75, 3.05) is 6.54 Å². The van der Waals surface area contributed by atoms with E-state index in [0.717, 1.165) is 23.8 Å². The van der Waals surface area contributed by atoms with Gasteiger partial charge in [-0.05, 0) is 24.6 Å². The Morgan fingerprint density at radius 3 is 2.68 bits per heavy atom. The minimum atomic E-state index is 0.396. The summed E-state index contributed by atoms with van der Waals surface area (Å²) in [5.74, 6) is 0.396. The van der Waals surface area contributed by atoms with Crippen molar-refractivity contribution in [2.24, 2.45) is 0 Å². The summed E-state index contributed by atoms with van der Waals surface area (Å²) in [5, 5.41) is 8.59. The molecule has 0 amide bonds. The van der Waals surface area contributed by atoms with Gasteiger partial charge in [0.25, 0.3) is 0 Å². The zero-order valence-corrected chi connectivity index (χ0v) is 12.4. The van der Waals surface area contributed by atoms with E-state index < -0.39 is 0 Å². The molecule has 0 saturated heterocycles. The van der Waals surface area contributed by atoms with Gasteiger partial charge in [-0.25, -0.2) is 4.68 Å². The molecule has 0 fully saturated rings. The lowest BCUT2D eigenvalue weighted by atomic mass is 10.1. The first-order chi connectivity index (χ1) is 9.15. The first kappa shape index (κ1) is 14.1. The fourth-order valence-corrected chi connectivity index (χ4v) is 2.43. The molecule has 1 aromatic heterocycles. The topological polar surface area (TPSA) is 29.9 Å². The zero-order chi connectivity index (χ0) is 13.8. The average Bonchev–Trinajstić information content (AvgIpc) is 2.80. The molecule has 1 aromatic carbocycles. The van der Waals surface area contributed by atoms with E-state index in [0.29, 0.717) is 5.92 Å². The van der Waals surface area contributed by atoms with Crippen LogP contribution in [0.15, 0.2) is 30.5 Å². The summed E-state index contributed by atoms with van der Waals surface area (Å²) in [5.41, 5.74) is 3.39. The van der Waals surface area contributed by atoms with Gasteiger partial charge in [-0.3, -0.25) is 0 Å². The highest BCUT2D eigenvalue weighted by Crippen LogP contribution is 2.26. The van der Waals surface area contributed by atoms with Gasteiger partial charge in [0.1, 0.15) is 0 Å². The molecule has 2 aromatic rings. The van der Waals surface area contributed by atoms with E-state index in [-0.39, 0.29) is 0 Å². The van der Waals surface area contributed by atoms with Crippen LogP contribution < -0.4 is 5.32 Å². The van der Waals surface area contributed by atoms with Crippen molar-refractivity contribution >= 4 is 11.6 Å². The molecule has 0 saturated carbocycles. The standard InChI is InChI=1S/C15H20ClN3/c1-4-17-9-12-10-18-19(15(12)11(2)3)14-8-6-5-7-13(14)16/h5-8,10-11,17H,4,9H2,1-3H3. The van der Waals surface area contributed by atoms with Crippen molar-refractivity contribution in [1.29, 1.82) is 0 Å². The van der Waals surface area contributed by atoms with Crippen LogP contribution in [-0.4, -0.2) is 16.3 Å². The Morgan fingerprint density at radius 2 is 2.05 bits per heavy atom. The summed E-state index contributed by atoms with van der Waals surface area (Å²) in [4.78, 5) is 0. The second-order valence-corrected chi connectivity index (χ2v) is 5.26.